The average Bonchev–Trinajstić information content (AvgIpc) is 2.38. The van der Waals surface area contributed by atoms with Crippen LogP contribution in [0.2, 0.25) is 0 Å². The molecule has 2 rings (SSSR count). The quantitative estimate of drug-likeness (QED) is 0.901. The lowest BCUT2D eigenvalue weighted by Gasteiger charge is -2.28. The van der Waals surface area contributed by atoms with Crippen LogP contribution in [0.25, 0.3) is 0 Å². The second kappa shape index (κ2) is 4.86. The van der Waals surface area contributed by atoms with Crippen LogP contribution in [-0.2, 0) is 5.60 Å². The summed E-state index contributed by atoms with van der Waals surface area (Å²) in [6.45, 7) is 3.72. The van der Waals surface area contributed by atoms with Crippen LogP contribution in [-0.4, -0.2) is 10.1 Å². The van der Waals surface area contributed by atoms with Crippen LogP contribution >= 0.6 is 0 Å². The van der Waals surface area contributed by atoms with Crippen LogP contribution in [0.4, 0.5) is 4.39 Å². The Kier molecular flexibility index (Phi) is 3.43. The average molecular weight is 245 g/mol. The highest BCUT2D eigenvalue weighted by Crippen LogP contribution is 2.34. The van der Waals surface area contributed by atoms with Gasteiger partial charge in [0.2, 0.25) is 0 Å². The third kappa shape index (κ3) is 2.14. The normalized spacial score (nSPS) is 14.2. The SMILES string of the molecule is CCC(O)(c1cncc(C)c1)c1ccccc1F. The summed E-state index contributed by atoms with van der Waals surface area (Å²) in [5, 5.41) is 10.8. The molecule has 1 atom stereocenters. The Morgan fingerprint density at radius 3 is 2.61 bits per heavy atom. The molecule has 0 saturated carbocycles. The van der Waals surface area contributed by atoms with Crippen molar-refractivity contribution in [3.63, 3.8) is 0 Å². The molecule has 18 heavy (non-hydrogen) atoms. The summed E-state index contributed by atoms with van der Waals surface area (Å²) in [7, 11) is 0. The molecule has 0 aliphatic rings. The zero-order chi connectivity index (χ0) is 13.2. The lowest BCUT2D eigenvalue weighted by Crippen LogP contribution is -2.27. The number of halogens is 1. The maximum absolute atomic E-state index is 13.9. The van der Waals surface area contributed by atoms with E-state index in [2.05, 4.69) is 4.98 Å². The molecular weight excluding hydrogens is 229 g/mol. The topological polar surface area (TPSA) is 33.1 Å². The highest BCUT2D eigenvalue weighted by Gasteiger charge is 2.32. The predicted molar refractivity (Wildman–Crippen MR) is 68.7 cm³/mol. The zero-order valence-corrected chi connectivity index (χ0v) is 10.5. The molecule has 0 saturated heterocycles. The fourth-order valence-electron chi connectivity index (χ4n) is 2.13. The molecule has 0 spiro atoms. The zero-order valence-electron chi connectivity index (χ0n) is 10.5. The number of aryl methyl sites for hydroxylation is 1. The smallest absolute Gasteiger partial charge is 0.129 e. The maximum Gasteiger partial charge on any atom is 0.129 e. The second-order valence-electron chi connectivity index (χ2n) is 4.44. The van der Waals surface area contributed by atoms with Gasteiger partial charge in [-0.1, -0.05) is 25.1 Å². The molecule has 0 bridgehead atoms. The molecule has 2 aromatic rings. The van der Waals surface area contributed by atoms with Crippen LogP contribution in [0, 0.1) is 12.7 Å². The van der Waals surface area contributed by atoms with Crippen molar-refractivity contribution in [3.8, 4) is 0 Å². The Balaban J connectivity index is 2.59. The van der Waals surface area contributed by atoms with E-state index in [0.29, 0.717) is 17.5 Å². The van der Waals surface area contributed by atoms with Crippen LogP contribution in [0.1, 0.15) is 30.0 Å². The molecule has 2 nitrogen and oxygen atoms in total. The summed E-state index contributed by atoms with van der Waals surface area (Å²) >= 11 is 0. The van der Waals surface area contributed by atoms with Crippen molar-refractivity contribution in [2.45, 2.75) is 25.9 Å². The van der Waals surface area contributed by atoms with Crippen LogP contribution < -0.4 is 0 Å². The standard InChI is InChI=1S/C15H16FNO/c1-3-15(18,12-8-11(2)9-17-10-12)13-6-4-5-7-14(13)16/h4-10,18H,3H2,1-2H3. The van der Waals surface area contributed by atoms with Crippen LogP contribution in [0.5, 0.6) is 0 Å². The van der Waals surface area contributed by atoms with E-state index >= 15 is 0 Å². The van der Waals surface area contributed by atoms with Crippen molar-refractivity contribution in [2.24, 2.45) is 0 Å². The van der Waals surface area contributed by atoms with Crippen LogP contribution in [0.15, 0.2) is 42.7 Å². The fourth-order valence-corrected chi connectivity index (χ4v) is 2.13. The van der Waals surface area contributed by atoms with Crippen molar-refractivity contribution in [3.05, 3.63) is 65.2 Å². The summed E-state index contributed by atoms with van der Waals surface area (Å²) in [4.78, 5) is 4.07. The number of hydrogen-bond acceptors (Lipinski definition) is 2. The van der Waals surface area contributed by atoms with E-state index < -0.39 is 11.4 Å². The van der Waals surface area contributed by atoms with Crippen molar-refractivity contribution >= 4 is 0 Å². The Hall–Kier alpha value is -1.74. The first-order valence-electron chi connectivity index (χ1n) is 5.97. The molecule has 1 aromatic heterocycles. The molecule has 0 aliphatic heterocycles. The largest absolute Gasteiger partial charge is 0.380 e. The third-order valence-corrected chi connectivity index (χ3v) is 3.18. The van der Waals surface area contributed by atoms with E-state index in [1.54, 1.807) is 30.6 Å². The molecule has 1 heterocycles. The van der Waals surface area contributed by atoms with E-state index in [9.17, 15) is 9.50 Å². The highest BCUT2D eigenvalue weighted by molar-refractivity contribution is 5.36. The van der Waals surface area contributed by atoms with Gasteiger partial charge in [-0.2, -0.15) is 0 Å². The van der Waals surface area contributed by atoms with Gasteiger partial charge in [0.15, 0.2) is 0 Å². The van der Waals surface area contributed by atoms with E-state index in [4.69, 9.17) is 0 Å². The number of aliphatic hydroxyl groups is 1. The van der Waals surface area contributed by atoms with Gasteiger partial charge in [0, 0.05) is 23.5 Å². The lowest BCUT2D eigenvalue weighted by atomic mass is 9.84. The molecule has 1 unspecified atom stereocenters. The molecule has 0 fully saturated rings. The Morgan fingerprint density at radius 2 is 2.00 bits per heavy atom. The summed E-state index contributed by atoms with van der Waals surface area (Å²) in [5.74, 6) is -0.400. The molecular formula is C15H16FNO. The van der Waals surface area contributed by atoms with Gasteiger partial charge in [-0.15, -0.1) is 0 Å². The first-order valence-corrected chi connectivity index (χ1v) is 5.97. The van der Waals surface area contributed by atoms with Gasteiger partial charge in [-0.25, -0.2) is 4.39 Å². The van der Waals surface area contributed by atoms with Gasteiger partial charge in [0.25, 0.3) is 0 Å². The fraction of sp³-hybridized carbons (Fsp3) is 0.267. The monoisotopic (exact) mass is 245 g/mol. The molecule has 94 valence electrons. The van der Waals surface area contributed by atoms with Crippen molar-refractivity contribution in [1.29, 1.82) is 0 Å². The van der Waals surface area contributed by atoms with E-state index in [0.717, 1.165) is 5.56 Å². The Morgan fingerprint density at radius 1 is 1.28 bits per heavy atom. The van der Waals surface area contributed by atoms with Gasteiger partial charge in [0.05, 0.1) is 0 Å². The minimum Gasteiger partial charge on any atom is -0.380 e. The van der Waals surface area contributed by atoms with E-state index in [1.165, 1.54) is 6.07 Å². The van der Waals surface area contributed by atoms with E-state index in [1.807, 2.05) is 19.9 Å². The molecule has 3 heteroatoms. The number of aromatic nitrogens is 1. The number of nitrogens with zero attached hydrogens (tertiary/aromatic N) is 1. The lowest BCUT2D eigenvalue weighted by molar-refractivity contribution is 0.0721. The minimum absolute atomic E-state index is 0.292. The van der Waals surface area contributed by atoms with Gasteiger partial charge in [-0.05, 0) is 31.0 Å². The predicted octanol–water partition coefficient (Wildman–Crippen LogP) is 3.18. The van der Waals surface area contributed by atoms with Crippen molar-refractivity contribution in [1.82, 2.24) is 4.98 Å². The summed E-state index contributed by atoms with van der Waals surface area (Å²) < 4.78 is 13.9. The molecule has 0 radical (unpaired) electrons. The van der Waals surface area contributed by atoms with Crippen molar-refractivity contribution in [2.75, 3.05) is 0 Å². The molecule has 0 amide bonds. The Labute approximate surface area is 106 Å². The first-order chi connectivity index (χ1) is 8.58. The Bertz CT molecular complexity index is 556. The van der Waals surface area contributed by atoms with Crippen molar-refractivity contribution < 1.29 is 9.50 Å². The molecule has 1 aromatic carbocycles. The van der Waals surface area contributed by atoms with Gasteiger partial charge >= 0.3 is 0 Å². The summed E-state index contributed by atoms with van der Waals surface area (Å²) in [6.07, 6.45) is 3.68. The summed E-state index contributed by atoms with van der Waals surface area (Å²) in [6, 6.07) is 8.15. The second-order valence-corrected chi connectivity index (χ2v) is 4.44. The number of hydrogen-bond donors (Lipinski definition) is 1. The maximum atomic E-state index is 13.9. The summed E-state index contributed by atoms with van der Waals surface area (Å²) in [5.41, 5.74) is 0.524. The van der Waals surface area contributed by atoms with Gasteiger partial charge < -0.3 is 5.11 Å². The number of rotatable bonds is 3. The first kappa shape index (κ1) is 12.7. The molecule has 1 N–H and O–H groups in total. The molecule has 0 aliphatic carbocycles. The third-order valence-electron chi connectivity index (χ3n) is 3.18. The van der Waals surface area contributed by atoms with Gasteiger partial charge in [-0.3, -0.25) is 4.98 Å². The number of benzene rings is 1. The van der Waals surface area contributed by atoms with E-state index in [-0.39, 0.29) is 0 Å². The minimum atomic E-state index is -1.33. The number of pyridine rings is 1. The van der Waals surface area contributed by atoms with Gasteiger partial charge in [0.1, 0.15) is 11.4 Å². The highest BCUT2D eigenvalue weighted by atomic mass is 19.1. The van der Waals surface area contributed by atoms with Crippen LogP contribution in [0.3, 0.4) is 0 Å².